The number of amides is 1. The standard InChI is InChI=1S/C16H20N4O2S.2ClH/c1-22-13-5-6-15-11(9-13)3-4-12(19-15)10-18-20-16(21)14(17)7-8-23-2;;/h3-6,9-10,14H,7-8,17H2,1-2H3,(H,20,21);2*1H/t14-;;/m0../s1. The van der Waals surface area contributed by atoms with E-state index >= 15 is 0 Å². The van der Waals surface area contributed by atoms with Crippen LogP contribution in [-0.4, -0.2) is 42.3 Å². The molecule has 0 spiro atoms. The monoisotopic (exact) mass is 404 g/mol. The number of hydrogen-bond donors (Lipinski definition) is 2. The smallest absolute Gasteiger partial charge is 0.298 e. The van der Waals surface area contributed by atoms with Crippen molar-refractivity contribution < 1.29 is 27.7 Å². The molecule has 1 heterocycles. The van der Waals surface area contributed by atoms with E-state index in [4.69, 9.17) is 4.74 Å². The number of hydrogen-bond acceptors (Lipinski definition) is 5. The first kappa shape index (κ1) is 23.5. The summed E-state index contributed by atoms with van der Waals surface area (Å²) in [6.45, 7) is 0. The first-order valence-corrected chi connectivity index (χ1v) is 8.63. The van der Waals surface area contributed by atoms with Crippen molar-refractivity contribution in [1.29, 1.82) is 0 Å². The molecule has 0 bridgehead atoms. The van der Waals surface area contributed by atoms with Crippen molar-refractivity contribution in [3.63, 3.8) is 0 Å². The largest absolute Gasteiger partial charge is 1.00 e. The minimum Gasteiger partial charge on any atom is -1.00 e. The van der Waals surface area contributed by atoms with Crippen LogP contribution in [0.5, 0.6) is 5.75 Å². The molecule has 0 fully saturated rings. The summed E-state index contributed by atoms with van der Waals surface area (Å²) in [4.78, 5) is 16.3. The van der Waals surface area contributed by atoms with E-state index in [1.807, 2.05) is 36.6 Å². The maximum atomic E-state index is 11.8. The van der Waals surface area contributed by atoms with Crippen LogP contribution in [0.25, 0.3) is 10.9 Å². The Balaban J connectivity index is 0.00000288. The van der Waals surface area contributed by atoms with Crippen LogP contribution >= 0.6 is 24.2 Å². The predicted octanol–water partition coefficient (Wildman–Crippen LogP) is -1.52. The van der Waals surface area contributed by atoms with Crippen LogP contribution in [0.15, 0.2) is 35.4 Å². The van der Waals surface area contributed by atoms with Gasteiger partial charge in [-0.3, -0.25) is 4.79 Å². The summed E-state index contributed by atoms with van der Waals surface area (Å²) >= 11 is 1.69. The molecule has 25 heavy (non-hydrogen) atoms. The van der Waals surface area contributed by atoms with E-state index in [0.29, 0.717) is 5.69 Å². The lowest BCUT2D eigenvalue weighted by molar-refractivity contribution is -0.403. The fourth-order valence-corrected chi connectivity index (χ4v) is 2.48. The Bertz CT molecular complexity index is 716. The van der Waals surface area contributed by atoms with Gasteiger partial charge in [-0.1, -0.05) is 6.07 Å². The molecule has 1 aromatic carbocycles. The molecule has 0 unspecified atom stereocenters. The van der Waals surface area contributed by atoms with E-state index in [9.17, 15) is 4.79 Å². The topological polar surface area (TPSA) is 91.2 Å². The number of nitrogens with zero attached hydrogens (tertiary/aromatic N) is 2. The maximum Gasteiger partial charge on any atom is 0.298 e. The van der Waals surface area contributed by atoms with E-state index in [1.54, 1.807) is 18.9 Å². The second-order valence-electron chi connectivity index (χ2n) is 5.01. The molecule has 2 aromatic rings. The van der Waals surface area contributed by atoms with E-state index in [0.717, 1.165) is 28.8 Å². The molecule has 0 aliphatic rings. The summed E-state index contributed by atoms with van der Waals surface area (Å²) in [6, 6.07) is 9.15. The van der Waals surface area contributed by atoms with Crippen molar-refractivity contribution >= 4 is 47.2 Å². The molecule has 2 rings (SSSR count). The van der Waals surface area contributed by atoms with Gasteiger partial charge in [-0.25, -0.2) is 10.4 Å². The van der Waals surface area contributed by atoms with Gasteiger partial charge in [-0.15, -0.1) is 12.4 Å². The van der Waals surface area contributed by atoms with Gasteiger partial charge in [-0.2, -0.15) is 16.9 Å². The summed E-state index contributed by atoms with van der Waals surface area (Å²) < 4.78 is 5.19. The highest BCUT2D eigenvalue weighted by molar-refractivity contribution is 7.98. The molecule has 0 saturated heterocycles. The highest BCUT2D eigenvalue weighted by Crippen LogP contribution is 2.19. The number of methoxy groups -OCH3 is 1. The van der Waals surface area contributed by atoms with Crippen LogP contribution in [-0.2, 0) is 4.79 Å². The van der Waals surface area contributed by atoms with Crippen molar-refractivity contribution in [2.24, 2.45) is 5.10 Å². The number of ether oxygens (including phenoxy) is 1. The van der Waals surface area contributed by atoms with Gasteiger partial charge < -0.3 is 22.9 Å². The van der Waals surface area contributed by atoms with Gasteiger partial charge in [0.2, 0.25) is 0 Å². The number of halogens is 2. The fraction of sp³-hybridized carbons (Fsp3) is 0.312. The van der Waals surface area contributed by atoms with Crippen molar-refractivity contribution in [2.75, 3.05) is 19.1 Å². The zero-order valence-corrected chi connectivity index (χ0v) is 16.5. The lowest BCUT2D eigenvalue weighted by atomic mass is 10.2. The number of pyridine rings is 1. The van der Waals surface area contributed by atoms with E-state index in [-0.39, 0.29) is 36.8 Å². The second kappa shape index (κ2) is 11.9. The molecular weight excluding hydrogens is 383 g/mol. The van der Waals surface area contributed by atoms with Crippen LogP contribution in [0.3, 0.4) is 0 Å². The van der Waals surface area contributed by atoms with Crippen molar-refractivity contribution in [2.45, 2.75) is 12.5 Å². The number of carbonyl (C=O) groups is 1. The lowest BCUT2D eigenvalue weighted by Gasteiger charge is -2.05. The van der Waals surface area contributed by atoms with Gasteiger partial charge in [0.25, 0.3) is 5.91 Å². The normalized spacial score (nSPS) is 11.5. The third kappa shape index (κ3) is 7.07. The van der Waals surface area contributed by atoms with Gasteiger partial charge in [0.1, 0.15) is 5.75 Å². The number of carbonyl (C=O) groups excluding carboxylic acids is 1. The van der Waals surface area contributed by atoms with Crippen LogP contribution in [0.1, 0.15) is 12.1 Å². The summed E-state index contributed by atoms with van der Waals surface area (Å²) in [5.74, 6) is 1.52. The Morgan fingerprint density at radius 1 is 1.44 bits per heavy atom. The van der Waals surface area contributed by atoms with Crippen LogP contribution in [0.2, 0.25) is 0 Å². The summed E-state index contributed by atoms with van der Waals surface area (Å²) in [7, 11) is 1.63. The number of fused-ring (bicyclic) bond motifs is 1. The number of thioether (sulfide) groups is 1. The molecule has 4 N–H and O–H groups in total. The van der Waals surface area contributed by atoms with Crippen molar-refractivity contribution in [3.8, 4) is 5.75 Å². The van der Waals surface area contributed by atoms with Crippen LogP contribution in [0, 0.1) is 0 Å². The molecule has 1 atom stereocenters. The molecule has 0 aliphatic heterocycles. The molecule has 6 nitrogen and oxygen atoms in total. The number of benzene rings is 1. The quantitative estimate of drug-likeness (QED) is 0.433. The molecule has 0 saturated carbocycles. The second-order valence-corrected chi connectivity index (χ2v) is 5.99. The Hall–Kier alpha value is -1.54. The Morgan fingerprint density at radius 3 is 2.88 bits per heavy atom. The Morgan fingerprint density at radius 2 is 2.20 bits per heavy atom. The number of rotatable bonds is 7. The molecular formula is C16H22Cl2N4O2S. The lowest BCUT2D eigenvalue weighted by Crippen LogP contribution is -3.00. The Labute approximate surface area is 163 Å². The predicted molar refractivity (Wildman–Crippen MR) is 101 cm³/mol. The SMILES string of the molecule is COc1ccc2nc(C=NNC(=O)[C@@H]([NH3+])CCSC)ccc2c1.Cl.[Cl-]. The van der Waals surface area contributed by atoms with E-state index < -0.39 is 0 Å². The highest BCUT2D eigenvalue weighted by Gasteiger charge is 2.15. The van der Waals surface area contributed by atoms with Gasteiger partial charge >= 0.3 is 0 Å². The number of aromatic nitrogens is 1. The van der Waals surface area contributed by atoms with Gasteiger partial charge in [0.05, 0.1) is 24.5 Å². The highest BCUT2D eigenvalue weighted by atomic mass is 35.5. The van der Waals surface area contributed by atoms with Gasteiger partial charge in [0.15, 0.2) is 6.04 Å². The first-order valence-electron chi connectivity index (χ1n) is 7.24. The number of hydrazone groups is 1. The molecule has 0 aliphatic carbocycles. The zero-order chi connectivity index (χ0) is 16.7. The summed E-state index contributed by atoms with van der Waals surface area (Å²) in [5.41, 5.74) is 7.85. The van der Waals surface area contributed by atoms with E-state index in [1.165, 1.54) is 6.21 Å². The molecule has 0 radical (unpaired) electrons. The molecule has 1 aromatic heterocycles. The van der Waals surface area contributed by atoms with Crippen molar-refractivity contribution in [3.05, 3.63) is 36.0 Å². The summed E-state index contributed by atoms with van der Waals surface area (Å²) in [5, 5.41) is 4.94. The third-order valence-corrected chi connectivity index (χ3v) is 3.97. The molecule has 9 heteroatoms. The molecule has 1 amide bonds. The van der Waals surface area contributed by atoms with Crippen LogP contribution < -0.4 is 28.3 Å². The summed E-state index contributed by atoms with van der Waals surface area (Å²) in [6.07, 6.45) is 4.27. The third-order valence-electron chi connectivity index (χ3n) is 3.33. The fourth-order valence-electron chi connectivity index (χ4n) is 1.96. The maximum absolute atomic E-state index is 11.8. The number of nitrogens with one attached hydrogen (secondary N) is 1. The molecule has 138 valence electrons. The van der Waals surface area contributed by atoms with Gasteiger partial charge in [0, 0.05) is 11.8 Å². The number of quaternary nitrogens is 1. The average molecular weight is 405 g/mol. The minimum atomic E-state index is -0.295. The van der Waals surface area contributed by atoms with E-state index in [2.05, 4.69) is 21.2 Å². The Kier molecular flexibility index (Phi) is 11.2. The zero-order valence-electron chi connectivity index (χ0n) is 14.1. The average Bonchev–Trinajstić information content (AvgIpc) is 2.58. The van der Waals surface area contributed by atoms with Crippen LogP contribution in [0.4, 0.5) is 0 Å². The van der Waals surface area contributed by atoms with Crippen molar-refractivity contribution in [1.82, 2.24) is 10.4 Å². The van der Waals surface area contributed by atoms with Gasteiger partial charge in [-0.05, 0) is 36.3 Å². The first-order chi connectivity index (χ1) is 11.1. The minimum absolute atomic E-state index is 0.